The summed E-state index contributed by atoms with van der Waals surface area (Å²) in [6.07, 6.45) is 0.349. The van der Waals surface area contributed by atoms with Gasteiger partial charge in [-0.3, -0.25) is 4.79 Å². The Balaban J connectivity index is 3.10. The number of aliphatic hydroxyl groups is 1. The highest BCUT2D eigenvalue weighted by molar-refractivity contribution is 9.10. The first-order valence-electron chi connectivity index (χ1n) is 5.58. The van der Waals surface area contributed by atoms with E-state index < -0.39 is 5.41 Å². The van der Waals surface area contributed by atoms with Gasteiger partial charge in [0, 0.05) is 11.1 Å². The van der Waals surface area contributed by atoms with Crippen LogP contribution < -0.4 is 0 Å². The second-order valence-electron chi connectivity index (χ2n) is 4.04. The van der Waals surface area contributed by atoms with E-state index in [0.717, 1.165) is 10.0 Å². The van der Waals surface area contributed by atoms with Gasteiger partial charge in [-0.15, -0.1) is 0 Å². The molecule has 0 amide bonds. The molecule has 0 bridgehead atoms. The molecule has 0 aromatic heterocycles. The highest BCUT2D eigenvalue weighted by Gasteiger charge is 2.36. The Morgan fingerprint density at radius 1 is 1.53 bits per heavy atom. The maximum Gasteiger partial charge on any atom is 0.316 e. The molecule has 0 saturated heterocycles. The second-order valence-corrected chi connectivity index (χ2v) is 4.95. The Kier molecular flexibility index (Phi) is 5.15. The van der Waals surface area contributed by atoms with Gasteiger partial charge in [0.1, 0.15) is 0 Å². The van der Waals surface area contributed by atoms with Crippen molar-refractivity contribution in [1.82, 2.24) is 0 Å². The minimum atomic E-state index is -0.797. The smallest absolute Gasteiger partial charge is 0.316 e. The number of carbonyl (C=O) groups excluding carboxylic acids is 1. The van der Waals surface area contributed by atoms with E-state index in [4.69, 9.17) is 9.84 Å². The summed E-state index contributed by atoms with van der Waals surface area (Å²) in [4.78, 5) is 12.0. The van der Waals surface area contributed by atoms with Crippen LogP contribution in [0, 0.1) is 0 Å². The molecule has 1 rings (SSSR count). The number of esters is 1. The standard InChI is InChI=1S/C13H17BrO3/c1-3-17-12(16)13(2,7-8-15)10-5-4-6-11(14)9-10/h4-6,9,15H,3,7-8H2,1-2H3. The Bertz CT molecular complexity index is 392. The lowest BCUT2D eigenvalue weighted by atomic mass is 9.80. The fraction of sp³-hybridized carbons (Fsp3) is 0.462. The van der Waals surface area contributed by atoms with E-state index in [1.54, 1.807) is 13.8 Å². The minimum absolute atomic E-state index is 0.0537. The summed E-state index contributed by atoms with van der Waals surface area (Å²) in [5, 5.41) is 9.13. The van der Waals surface area contributed by atoms with E-state index in [-0.39, 0.29) is 12.6 Å². The fourth-order valence-corrected chi connectivity index (χ4v) is 2.11. The summed E-state index contributed by atoms with van der Waals surface area (Å²) < 4.78 is 5.99. The van der Waals surface area contributed by atoms with Crippen LogP contribution in [-0.4, -0.2) is 24.3 Å². The van der Waals surface area contributed by atoms with Crippen LogP contribution in [0.5, 0.6) is 0 Å². The molecule has 0 heterocycles. The molecule has 0 radical (unpaired) electrons. The molecule has 0 fully saturated rings. The Hall–Kier alpha value is -0.870. The zero-order chi connectivity index (χ0) is 12.9. The average Bonchev–Trinajstić information content (AvgIpc) is 2.29. The first-order valence-corrected chi connectivity index (χ1v) is 6.38. The number of hydrogen-bond acceptors (Lipinski definition) is 3. The van der Waals surface area contributed by atoms with E-state index in [1.165, 1.54) is 0 Å². The van der Waals surface area contributed by atoms with Gasteiger partial charge in [-0.25, -0.2) is 0 Å². The third kappa shape index (κ3) is 3.30. The van der Waals surface area contributed by atoms with Gasteiger partial charge in [0.2, 0.25) is 0 Å². The number of hydrogen-bond donors (Lipinski definition) is 1. The van der Waals surface area contributed by atoms with Crippen LogP contribution in [0.3, 0.4) is 0 Å². The second kappa shape index (κ2) is 6.17. The molecule has 1 unspecified atom stereocenters. The largest absolute Gasteiger partial charge is 0.465 e. The van der Waals surface area contributed by atoms with E-state index >= 15 is 0 Å². The molecule has 94 valence electrons. The predicted octanol–water partition coefficient (Wildman–Crippen LogP) is 2.65. The molecular formula is C13H17BrO3. The zero-order valence-corrected chi connectivity index (χ0v) is 11.7. The van der Waals surface area contributed by atoms with E-state index in [2.05, 4.69) is 15.9 Å². The summed E-state index contributed by atoms with van der Waals surface area (Å²) in [5.41, 5.74) is 0.0496. The minimum Gasteiger partial charge on any atom is -0.465 e. The summed E-state index contributed by atoms with van der Waals surface area (Å²) in [6.45, 7) is 3.86. The van der Waals surface area contributed by atoms with Gasteiger partial charge < -0.3 is 9.84 Å². The highest BCUT2D eigenvalue weighted by atomic mass is 79.9. The van der Waals surface area contributed by atoms with Gasteiger partial charge in [-0.2, -0.15) is 0 Å². The third-order valence-electron chi connectivity index (χ3n) is 2.80. The van der Waals surface area contributed by atoms with Gasteiger partial charge >= 0.3 is 5.97 Å². The van der Waals surface area contributed by atoms with Crippen LogP contribution in [0.1, 0.15) is 25.8 Å². The number of ether oxygens (including phenoxy) is 1. The number of rotatable bonds is 5. The summed E-state index contributed by atoms with van der Waals surface area (Å²) in [7, 11) is 0. The summed E-state index contributed by atoms with van der Waals surface area (Å²) in [6, 6.07) is 7.52. The molecule has 0 aliphatic carbocycles. The van der Waals surface area contributed by atoms with Gasteiger partial charge in [-0.1, -0.05) is 28.1 Å². The molecule has 0 aliphatic rings. The predicted molar refractivity (Wildman–Crippen MR) is 69.8 cm³/mol. The topological polar surface area (TPSA) is 46.5 Å². The molecule has 4 heteroatoms. The Labute approximate surface area is 110 Å². The van der Waals surface area contributed by atoms with E-state index in [9.17, 15) is 4.79 Å². The molecule has 0 saturated carbocycles. The molecule has 1 atom stereocenters. The molecule has 1 aromatic carbocycles. The maximum atomic E-state index is 12.0. The van der Waals surface area contributed by atoms with Crippen molar-refractivity contribution >= 4 is 21.9 Å². The fourth-order valence-electron chi connectivity index (χ4n) is 1.71. The van der Waals surface area contributed by atoms with Crippen LogP contribution >= 0.6 is 15.9 Å². The van der Waals surface area contributed by atoms with Crippen LogP contribution in [0.2, 0.25) is 0 Å². The first kappa shape index (κ1) is 14.2. The van der Waals surface area contributed by atoms with Gasteiger partial charge in [0.15, 0.2) is 0 Å². The normalized spacial score (nSPS) is 14.1. The van der Waals surface area contributed by atoms with Crippen LogP contribution in [0.4, 0.5) is 0 Å². The molecule has 17 heavy (non-hydrogen) atoms. The molecule has 0 aliphatic heterocycles. The number of halogens is 1. The lowest BCUT2D eigenvalue weighted by molar-refractivity contribution is -0.150. The SMILES string of the molecule is CCOC(=O)C(C)(CCO)c1cccc(Br)c1. The third-order valence-corrected chi connectivity index (χ3v) is 3.29. The van der Waals surface area contributed by atoms with Crippen molar-refractivity contribution in [2.75, 3.05) is 13.2 Å². The lowest BCUT2D eigenvalue weighted by Crippen LogP contribution is -2.35. The van der Waals surface area contributed by atoms with E-state index in [0.29, 0.717) is 13.0 Å². The molecule has 0 spiro atoms. The van der Waals surface area contributed by atoms with Crippen molar-refractivity contribution in [3.8, 4) is 0 Å². The Morgan fingerprint density at radius 2 is 2.24 bits per heavy atom. The zero-order valence-electron chi connectivity index (χ0n) is 10.1. The number of benzene rings is 1. The lowest BCUT2D eigenvalue weighted by Gasteiger charge is -2.27. The van der Waals surface area contributed by atoms with Crippen LogP contribution in [-0.2, 0) is 14.9 Å². The maximum absolute atomic E-state index is 12.0. The number of aliphatic hydroxyl groups excluding tert-OH is 1. The monoisotopic (exact) mass is 300 g/mol. The molecule has 1 aromatic rings. The van der Waals surface area contributed by atoms with Crippen LogP contribution in [0.25, 0.3) is 0 Å². The number of carbonyl (C=O) groups is 1. The molecular weight excluding hydrogens is 284 g/mol. The van der Waals surface area contributed by atoms with Crippen molar-refractivity contribution in [2.45, 2.75) is 25.7 Å². The quantitative estimate of drug-likeness (QED) is 0.851. The average molecular weight is 301 g/mol. The van der Waals surface area contributed by atoms with Crippen molar-refractivity contribution in [1.29, 1.82) is 0 Å². The van der Waals surface area contributed by atoms with Gasteiger partial charge in [0.25, 0.3) is 0 Å². The van der Waals surface area contributed by atoms with Crippen molar-refractivity contribution in [3.63, 3.8) is 0 Å². The molecule has 3 nitrogen and oxygen atoms in total. The van der Waals surface area contributed by atoms with E-state index in [1.807, 2.05) is 24.3 Å². The van der Waals surface area contributed by atoms with Gasteiger partial charge in [-0.05, 0) is 38.0 Å². The highest BCUT2D eigenvalue weighted by Crippen LogP contribution is 2.30. The van der Waals surface area contributed by atoms with Crippen molar-refractivity contribution in [2.24, 2.45) is 0 Å². The van der Waals surface area contributed by atoms with Gasteiger partial charge in [0.05, 0.1) is 12.0 Å². The summed E-state index contributed by atoms with van der Waals surface area (Å²) >= 11 is 3.38. The van der Waals surface area contributed by atoms with Crippen molar-refractivity contribution in [3.05, 3.63) is 34.3 Å². The molecule has 1 N–H and O–H groups in total. The van der Waals surface area contributed by atoms with Crippen molar-refractivity contribution < 1.29 is 14.6 Å². The summed E-state index contributed by atoms with van der Waals surface area (Å²) in [5.74, 6) is -0.299. The van der Waals surface area contributed by atoms with Crippen LogP contribution in [0.15, 0.2) is 28.7 Å². The first-order chi connectivity index (χ1) is 8.04. The Morgan fingerprint density at radius 3 is 2.76 bits per heavy atom.